The first kappa shape index (κ1) is 23.2. The van der Waals surface area contributed by atoms with Crippen LogP contribution < -0.4 is 9.47 Å². The Morgan fingerprint density at radius 2 is 1.85 bits per heavy atom. The minimum absolute atomic E-state index is 0.0508. The summed E-state index contributed by atoms with van der Waals surface area (Å²) in [6.07, 6.45) is 2.41. The number of nitrogens with zero attached hydrogens (tertiary/aromatic N) is 2. The average Bonchev–Trinajstić information content (AvgIpc) is 3.15. The van der Waals surface area contributed by atoms with E-state index >= 15 is 0 Å². The van der Waals surface area contributed by atoms with Crippen molar-refractivity contribution in [3.8, 4) is 11.5 Å². The number of rotatable bonds is 6. The van der Waals surface area contributed by atoms with E-state index in [0.29, 0.717) is 49.3 Å². The summed E-state index contributed by atoms with van der Waals surface area (Å²) in [6.45, 7) is 6.43. The highest BCUT2D eigenvalue weighted by Gasteiger charge is 2.53. The Morgan fingerprint density at radius 1 is 1.06 bits per heavy atom. The zero-order valence-electron chi connectivity index (χ0n) is 20.2. The summed E-state index contributed by atoms with van der Waals surface area (Å²) >= 11 is 0. The van der Waals surface area contributed by atoms with Crippen LogP contribution in [0.5, 0.6) is 11.5 Å². The number of hydrogen-bond donors (Lipinski definition) is 0. The molecule has 1 saturated carbocycles. The van der Waals surface area contributed by atoms with Crippen LogP contribution in [0.4, 0.5) is 0 Å². The Hall–Kier alpha value is -2.58. The first-order chi connectivity index (χ1) is 16.5. The van der Waals surface area contributed by atoms with Gasteiger partial charge in [0.25, 0.3) is 5.91 Å². The number of benzene rings is 1. The molecule has 1 amide bonds. The molecule has 0 spiro atoms. The van der Waals surface area contributed by atoms with Crippen molar-refractivity contribution in [3.05, 3.63) is 35.1 Å². The quantitative estimate of drug-likeness (QED) is 0.632. The summed E-state index contributed by atoms with van der Waals surface area (Å²) in [4.78, 5) is 31.7. The van der Waals surface area contributed by atoms with Gasteiger partial charge in [-0.05, 0) is 43.4 Å². The maximum absolute atomic E-state index is 13.9. The van der Waals surface area contributed by atoms with Gasteiger partial charge in [-0.1, -0.05) is 6.92 Å². The van der Waals surface area contributed by atoms with Crippen LogP contribution in [-0.2, 0) is 19.1 Å². The highest BCUT2D eigenvalue weighted by atomic mass is 16.5. The molecule has 2 fully saturated rings. The van der Waals surface area contributed by atoms with Crippen molar-refractivity contribution in [3.63, 3.8) is 0 Å². The van der Waals surface area contributed by atoms with Crippen LogP contribution >= 0.6 is 0 Å². The molecule has 8 heteroatoms. The molecule has 3 aliphatic heterocycles. The van der Waals surface area contributed by atoms with E-state index in [9.17, 15) is 9.59 Å². The normalized spacial score (nSPS) is 29.6. The van der Waals surface area contributed by atoms with Crippen LogP contribution in [0, 0.1) is 11.8 Å². The lowest BCUT2D eigenvalue weighted by Gasteiger charge is -2.37. The molecule has 0 aromatic heterocycles. The fourth-order valence-corrected chi connectivity index (χ4v) is 5.81. The second kappa shape index (κ2) is 9.58. The van der Waals surface area contributed by atoms with Crippen molar-refractivity contribution < 1.29 is 28.5 Å². The first-order valence-corrected chi connectivity index (χ1v) is 12.3. The van der Waals surface area contributed by atoms with Gasteiger partial charge in [0.05, 0.1) is 45.0 Å². The third-order valence-corrected chi connectivity index (χ3v) is 7.70. The van der Waals surface area contributed by atoms with Crippen molar-refractivity contribution in [2.75, 3.05) is 53.6 Å². The van der Waals surface area contributed by atoms with Gasteiger partial charge >= 0.3 is 0 Å². The van der Waals surface area contributed by atoms with Gasteiger partial charge in [-0.15, -0.1) is 0 Å². The molecule has 1 aromatic rings. The van der Waals surface area contributed by atoms with Crippen LogP contribution in [0.2, 0.25) is 0 Å². The summed E-state index contributed by atoms with van der Waals surface area (Å²) in [5.41, 5.74) is 1.23. The lowest BCUT2D eigenvalue weighted by Crippen LogP contribution is -2.43. The molecule has 1 aliphatic carbocycles. The Balaban J connectivity index is 1.54. The summed E-state index contributed by atoms with van der Waals surface area (Å²) in [7, 11) is 3.21. The Morgan fingerprint density at radius 3 is 2.59 bits per heavy atom. The van der Waals surface area contributed by atoms with E-state index in [1.807, 2.05) is 18.2 Å². The van der Waals surface area contributed by atoms with Crippen molar-refractivity contribution in [1.29, 1.82) is 0 Å². The van der Waals surface area contributed by atoms with E-state index in [2.05, 4.69) is 11.8 Å². The smallest absolute Gasteiger partial charge is 0.290 e. The molecule has 4 atom stereocenters. The number of methoxy groups -OCH3 is 2. The fourth-order valence-electron chi connectivity index (χ4n) is 5.81. The van der Waals surface area contributed by atoms with Gasteiger partial charge in [0, 0.05) is 31.7 Å². The van der Waals surface area contributed by atoms with E-state index in [1.54, 1.807) is 19.1 Å². The second-order valence-electron chi connectivity index (χ2n) is 9.75. The predicted octanol–water partition coefficient (Wildman–Crippen LogP) is 2.58. The topological polar surface area (TPSA) is 77.5 Å². The molecule has 1 aromatic carbocycles. The summed E-state index contributed by atoms with van der Waals surface area (Å²) in [6, 6.07) is 4.97. The first-order valence-electron chi connectivity index (χ1n) is 12.3. The van der Waals surface area contributed by atoms with Crippen LogP contribution in [0.25, 0.3) is 0 Å². The fraction of sp³-hybridized carbons (Fsp3) is 0.615. The monoisotopic (exact) mass is 470 g/mol. The van der Waals surface area contributed by atoms with Crippen molar-refractivity contribution in [2.24, 2.45) is 11.8 Å². The molecule has 1 saturated heterocycles. The average molecular weight is 471 g/mol. The number of hydrogen-bond acceptors (Lipinski definition) is 7. The minimum Gasteiger partial charge on any atom is -0.497 e. The van der Waals surface area contributed by atoms with Crippen molar-refractivity contribution >= 4 is 11.7 Å². The molecule has 5 rings (SSSR count). The van der Waals surface area contributed by atoms with Gasteiger partial charge in [0.1, 0.15) is 17.6 Å². The Bertz CT molecular complexity index is 986. The molecule has 4 unspecified atom stereocenters. The van der Waals surface area contributed by atoms with Gasteiger partial charge in [-0.2, -0.15) is 0 Å². The third-order valence-electron chi connectivity index (χ3n) is 7.70. The van der Waals surface area contributed by atoms with Gasteiger partial charge in [-0.3, -0.25) is 14.5 Å². The molecule has 0 N–H and O–H groups in total. The van der Waals surface area contributed by atoms with Crippen LogP contribution in [0.3, 0.4) is 0 Å². The molecular formula is C26H34N2O6. The number of morpholine rings is 1. The summed E-state index contributed by atoms with van der Waals surface area (Å²) in [5.74, 6) is 1.62. The van der Waals surface area contributed by atoms with E-state index in [4.69, 9.17) is 18.9 Å². The number of amides is 1. The van der Waals surface area contributed by atoms with Crippen molar-refractivity contribution in [2.45, 2.75) is 38.3 Å². The van der Waals surface area contributed by atoms with Gasteiger partial charge < -0.3 is 23.8 Å². The number of ketones is 1. The molecule has 184 valence electrons. The number of carbonyl (C=O) groups excluding carboxylic acids is 2. The second-order valence-corrected chi connectivity index (χ2v) is 9.75. The Labute approximate surface area is 200 Å². The predicted molar refractivity (Wildman–Crippen MR) is 125 cm³/mol. The van der Waals surface area contributed by atoms with Crippen molar-refractivity contribution in [1.82, 2.24) is 9.80 Å². The molecule has 3 heterocycles. The van der Waals surface area contributed by atoms with Crippen LogP contribution in [0.1, 0.15) is 37.8 Å². The van der Waals surface area contributed by atoms with Crippen LogP contribution in [-0.4, -0.2) is 81.2 Å². The largest absolute Gasteiger partial charge is 0.497 e. The molecule has 8 nitrogen and oxygen atoms in total. The molecular weight excluding hydrogens is 436 g/mol. The highest BCUT2D eigenvalue weighted by Crippen LogP contribution is 2.49. The lowest BCUT2D eigenvalue weighted by atomic mass is 9.74. The minimum atomic E-state index is -0.556. The maximum atomic E-state index is 13.9. The molecule has 0 radical (unpaired) electrons. The number of fused-ring (bicyclic) bond motifs is 1. The molecule has 0 bridgehead atoms. The third kappa shape index (κ3) is 4.07. The summed E-state index contributed by atoms with van der Waals surface area (Å²) < 4.78 is 22.9. The number of Topliss-reactive ketones (excluding diaryl/α,β-unsaturated/α-hetero) is 1. The number of ether oxygens (including phenoxy) is 4. The number of carbonyl (C=O) groups is 2. The maximum Gasteiger partial charge on any atom is 0.290 e. The van der Waals surface area contributed by atoms with E-state index in [-0.39, 0.29) is 29.5 Å². The van der Waals surface area contributed by atoms with E-state index in [0.717, 1.165) is 37.9 Å². The lowest BCUT2D eigenvalue weighted by molar-refractivity contribution is -0.136. The van der Waals surface area contributed by atoms with Crippen LogP contribution in [0.15, 0.2) is 29.5 Å². The molecule has 34 heavy (non-hydrogen) atoms. The Kier molecular flexibility index (Phi) is 6.53. The van der Waals surface area contributed by atoms with Gasteiger partial charge in [0.2, 0.25) is 0 Å². The van der Waals surface area contributed by atoms with Gasteiger partial charge in [-0.25, -0.2) is 0 Å². The van der Waals surface area contributed by atoms with Gasteiger partial charge in [0.15, 0.2) is 11.5 Å². The van der Waals surface area contributed by atoms with E-state index in [1.165, 1.54) is 0 Å². The zero-order chi connectivity index (χ0) is 23.8. The summed E-state index contributed by atoms with van der Waals surface area (Å²) in [5, 5.41) is 0. The SMILES string of the molecule is COc1ccc(OC)c(C2C3=C(OC4CCC(C)CC4C3=O)C(=O)N2CCN2CCOCC2)c1. The molecule has 4 aliphatic rings. The van der Waals surface area contributed by atoms with E-state index < -0.39 is 6.04 Å². The standard InChI is InChI=1S/C26H34N2O6/c1-16-4-6-21-19(14-16)24(29)22-23(18-15-17(31-2)5-7-20(18)32-3)28(26(30)25(22)34-21)9-8-27-10-12-33-13-11-27/h5,7,15-16,19,21,23H,4,6,8-14H2,1-3H3. The highest BCUT2D eigenvalue weighted by molar-refractivity contribution is 6.11. The zero-order valence-corrected chi connectivity index (χ0v) is 20.2.